The number of hydrogen-bond acceptors (Lipinski definition) is 11. The van der Waals surface area contributed by atoms with Crippen LogP contribution in [0.1, 0.15) is 112 Å². The Morgan fingerprint density at radius 3 is 1.76 bits per heavy atom. The largest absolute Gasteiger partial charge is 0.450 e. The van der Waals surface area contributed by atoms with Crippen molar-refractivity contribution >= 4 is 69.2 Å². The average molecular weight is 1120 g/mol. The molecule has 76 heavy (non-hydrogen) atoms. The molecule has 2 aromatic carbocycles. The molecule has 11 atom stereocenters. The highest BCUT2D eigenvalue weighted by Crippen LogP contribution is 2.27. The van der Waals surface area contributed by atoms with Crippen LogP contribution in [0.15, 0.2) is 59.1 Å². The molecule has 7 unspecified atom stereocenters. The molecule has 2 aliphatic heterocycles. The summed E-state index contributed by atoms with van der Waals surface area (Å²) in [5.41, 5.74) is -0.582. The van der Waals surface area contributed by atoms with Crippen molar-refractivity contribution < 1.29 is 53.0 Å². The highest BCUT2D eigenvalue weighted by molar-refractivity contribution is 9.10. The lowest BCUT2D eigenvalue weighted by Crippen LogP contribution is -2.62. The number of halogens is 1. The summed E-state index contributed by atoms with van der Waals surface area (Å²) in [4.78, 5) is 138. The molecular weight excluding hydrogens is 1040 g/mol. The number of carbonyl (C=O) groups excluding carboxylic acids is 9. The molecule has 2 fully saturated rings. The SMILES string of the molecule is CCC(C)C1NC(=O)[C@@H]2CCCN2C(=O)C(Cc2cccc(Br)c2)N(C)C(=O)C(Cc2ccccc2)NC(=O)[C@H](C)N(C)C(=O)[C@@H](C(C)CC)OC(=O)C(C(C)(C)O)N(C)C(=O)C(CC(C)C)NC(=O)[C@H](C)N(C)C1=O. The smallest absolute Gasteiger partial charge is 0.332 e. The van der Waals surface area contributed by atoms with Crippen LogP contribution >= 0.6 is 15.9 Å². The normalized spacial score (nSPS) is 26.9. The Hall–Kier alpha value is -5.89. The van der Waals surface area contributed by atoms with Gasteiger partial charge in [-0.2, -0.15) is 0 Å². The maximum Gasteiger partial charge on any atom is 0.332 e. The molecule has 20 heteroatoms. The van der Waals surface area contributed by atoms with Crippen LogP contribution in [0.2, 0.25) is 0 Å². The zero-order valence-corrected chi connectivity index (χ0v) is 48.5. The lowest BCUT2D eigenvalue weighted by atomic mass is 9.94. The molecular formula is C56H83BrN8O11. The third-order valence-corrected chi connectivity index (χ3v) is 15.6. The van der Waals surface area contributed by atoms with Gasteiger partial charge in [0.05, 0.1) is 5.60 Å². The fraction of sp³-hybridized carbons (Fsp3) is 0.625. The number of ether oxygens (including phenoxy) is 1. The number of nitrogens with one attached hydrogen (secondary N) is 3. The van der Waals surface area contributed by atoms with Crippen molar-refractivity contribution in [3.63, 3.8) is 0 Å². The number of nitrogens with zero attached hydrogens (tertiary/aromatic N) is 5. The Bertz CT molecular complexity index is 2400. The Kier molecular flexibility index (Phi) is 22.6. The first-order valence-electron chi connectivity index (χ1n) is 26.5. The number of benzene rings is 2. The minimum atomic E-state index is -1.96. The number of esters is 1. The predicted octanol–water partition coefficient (Wildman–Crippen LogP) is 3.86. The van der Waals surface area contributed by atoms with Crippen LogP contribution < -0.4 is 16.0 Å². The molecule has 0 bridgehead atoms. The summed E-state index contributed by atoms with van der Waals surface area (Å²) in [5.74, 6) is -7.71. The van der Waals surface area contributed by atoms with Crippen molar-refractivity contribution in [2.75, 3.05) is 34.7 Å². The molecule has 0 saturated carbocycles. The van der Waals surface area contributed by atoms with E-state index in [0.29, 0.717) is 30.4 Å². The molecule has 0 aliphatic carbocycles. The Morgan fingerprint density at radius 2 is 1.21 bits per heavy atom. The molecule has 0 spiro atoms. The first kappa shape index (κ1) is 62.6. The molecule has 0 aromatic heterocycles. The Morgan fingerprint density at radius 1 is 0.658 bits per heavy atom. The second-order valence-electron chi connectivity index (χ2n) is 21.8. The number of amides is 8. The van der Waals surface area contributed by atoms with Crippen molar-refractivity contribution in [3.05, 3.63) is 70.2 Å². The maximum atomic E-state index is 15.2. The standard InChI is InChI=1S/C56H83BrN8O11/c1-15-33(5)44-53(72)61(11)35(7)47(66)58-40(28-32(3)4)51(70)64(14)46(56(9,10)75)55(74)76-45(34(6)16-2)54(73)62(12)36(8)48(67)59-41(30-37-22-18-17-19-23-37)50(69)63(13)43(31-38-24-20-25-39(57)29-38)52(71)65-27-21-26-42(65)49(68)60-44/h17-20,22-25,29,32-36,40-46,75H,15-16,21,26-28,30-31H2,1-14H3,(H,58,66)(H,59,67)(H,60,68)/t33?,34?,35-,36-,40?,41?,42-,43?,44?,45+,46?/m0/s1. The van der Waals surface area contributed by atoms with Crippen molar-refractivity contribution in [3.8, 4) is 0 Å². The number of rotatable bonds is 11. The molecule has 2 heterocycles. The molecule has 19 nitrogen and oxygen atoms in total. The minimum absolute atomic E-state index is 0.0123. The van der Waals surface area contributed by atoms with Crippen LogP contribution in [0.5, 0.6) is 0 Å². The maximum absolute atomic E-state index is 15.2. The van der Waals surface area contributed by atoms with Crippen LogP contribution in [-0.4, -0.2) is 178 Å². The molecule has 0 radical (unpaired) electrons. The summed E-state index contributed by atoms with van der Waals surface area (Å²) < 4.78 is 6.72. The summed E-state index contributed by atoms with van der Waals surface area (Å²) in [6.45, 7) is 16.5. The van der Waals surface area contributed by atoms with E-state index in [1.165, 1.54) is 70.6 Å². The number of cyclic esters (lactones) is 1. The van der Waals surface area contributed by atoms with E-state index in [0.717, 1.165) is 14.3 Å². The Labute approximate surface area is 457 Å². The summed E-state index contributed by atoms with van der Waals surface area (Å²) in [7, 11) is 5.54. The van der Waals surface area contributed by atoms with Crippen LogP contribution in [0, 0.1) is 17.8 Å². The third-order valence-electron chi connectivity index (χ3n) is 15.1. The fourth-order valence-electron chi connectivity index (χ4n) is 9.69. The average Bonchev–Trinajstić information content (AvgIpc) is 3.88. The van der Waals surface area contributed by atoms with Gasteiger partial charge >= 0.3 is 5.97 Å². The van der Waals surface area contributed by atoms with Crippen molar-refractivity contribution in [2.45, 2.75) is 174 Å². The summed E-state index contributed by atoms with van der Waals surface area (Å²) >= 11 is 3.52. The van der Waals surface area contributed by atoms with Gasteiger partial charge in [-0.15, -0.1) is 0 Å². The summed E-state index contributed by atoms with van der Waals surface area (Å²) in [6, 6.07) is 6.14. The van der Waals surface area contributed by atoms with E-state index < -0.39 is 125 Å². The van der Waals surface area contributed by atoms with Gasteiger partial charge in [-0.3, -0.25) is 38.4 Å². The lowest BCUT2D eigenvalue weighted by molar-refractivity contribution is -0.177. The summed E-state index contributed by atoms with van der Waals surface area (Å²) in [6.07, 6.45) is 0.0673. The number of hydrogen-bond donors (Lipinski definition) is 4. The van der Waals surface area contributed by atoms with Gasteiger partial charge in [0, 0.05) is 58.0 Å². The number of carbonyl (C=O) groups is 9. The van der Waals surface area contributed by atoms with E-state index in [9.17, 15) is 38.7 Å². The third kappa shape index (κ3) is 15.6. The molecule has 2 aromatic rings. The van der Waals surface area contributed by atoms with E-state index in [4.69, 9.17) is 4.74 Å². The number of likely N-dealkylation sites (N-methyl/N-ethyl adjacent to an activating group) is 4. The van der Waals surface area contributed by atoms with Crippen LogP contribution in [0.4, 0.5) is 0 Å². The second kappa shape index (κ2) is 27.4. The molecule has 4 N–H and O–H groups in total. The van der Waals surface area contributed by atoms with Crippen molar-refractivity contribution in [2.24, 2.45) is 17.8 Å². The number of aliphatic hydroxyl groups is 1. The van der Waals surface area contributed by atoms with E-state index in [-0.39, 0.29) is 38.1 Å². The van der Waals surface area contributed by atoms with Gasteiger partial charge in [-0.25, -0.2) is 4.79 Å². The topological polar surface area (TPSA) is 235 Å². The van der Waals surface area contributed by atoms with Crippen molar-refractivity contribution in [1.82, 2.24) is 40.4 Å². The van der Waals surface area contributed by atoms with Gasteiger partial charge in [0.15, 0.2) is 12.1 Å². The molecule has 2 aliphatic rings. The van der Waals surface area contributed by atoms with E-state index >= 15 is 9.59 Å². The van der Waals surface area contributed by atoms with E-state index in [1.54, 1.807) is 57.2 Å². The highest BCUT2D eigenvalue weighted by Gasteiger charge is 2.47. The molecule has 8 amide bonds. The van der Waals surface area contributed by atoms with Crippen molar-refractivity contribution in [1.29, 1.82) is 0 Å². The van der Waals surface area contributed by atoms with Gasteiger partial charge in [0.2, 0.25) is 41.4 Å². The summed E-state index contributed by atoms with van der Waals surface area (Å²) in [5, 5.41) is 20.1. The lowest BCUT2D eigenvalue weighted by Gasteiger charge is -2.39. The van der Waals surface area contributed by atoms with Gasteiger partial charge in [-0.05, 0) is 88.5 Å². The zero-order valence-electron chi connectivity index (χ0n) is 46.9. The molecule has 4 rings (SSSR count). The first-order valence-corrected chi connectivity index (χ1v) is 27.3. The molecule has 420 valence electrons. The van der Waals surface area contributed by atoms with Gasteiger partial charge in [0.1, 0.15) is 42.3 Å². The van der Waals surface area contributed by atoms with Crippen LogP contribution in [-0.2, 0) is 60.7 Å². The van der Waals surface area contributed by atoms with E-state index in [2.05, 4.69) is 31.9 Å². The monoisotopic (exact) mass is 1120 g/mol. The number of fused-ring (bicyclic) bond motifs is 1. The second-order valence-corrected chi connectivity index (χ2v) is 22.7. The zero-order chi connectivity index (χ0) is 57.1. The van der Waals surface area contributed by atoms with Gasteiger partial charge in [-0.1, -0.05) is 106 Å². The van der Waals surface area contributed by atoms with E-state index in [1.807, 2.05) is 39.0 Å². The fourth-order valence-corrected chi connectivity index (χ4v) is 10.1. The molecule has 2 saturated heterocycles. The van der Waals surface area contributed by atoms with Gasteiger partial charge < -0.3 is 50.3 Å². The van der Waals surface area contributed by atoms with Crippen LogP contribution in [0.3, 0.4) is 0 Å². The first-order chi connectivity index (χ1) is 35.5. The van der Waals surface area contributed by atoms with Gasteiger partial charge in [0.25, 0.3) is 5.91 Å². The van der Waals surface area contributed by atoms with Crippen LogP contribution in [0.25, 0.3) is 0 Å². The Balaban J connectivity index is 1.92. The quantitative estimate of drug-likeness (QED) is 0.236. The predicted molar refractivity (Wildman–Crippen MR) is 291 cm³/mol. The highest BCUT2D eigenvalue weighted by atomic mass is 79.9. The minimum Gasteiger partial charge on any atom is -0.450 e.